The van der Waals surface area contributed by atoms with Crippen molar-refractivity contribution in [3.8, 4) is 5.75 Å². The zero-order valence-corrected chi connectivity index (χ0v) is 11.0. The van der Waals surface area contributed by atoms with Crippen LogP contribution in [0.5, 0.6) is 5.75 Å². The number of rotatable bonds is 2. The second-order valence-electron chi connectivity index (χ2n) is 5.13. The molecule has 1 aromatic rings. The van der Waals surface area contributed by atoms with Crippen molar-refractivity contribution in [1.29, 1.82) is 0 Å². The molecule has 2 aliphatic rings. The number of carbonyl (C=O) groups excluding carboxylic acids is 1. The summed E-state index contributed by atoms with van der Waals surface area (Å²) < 4.78 is 5.54. The first-order valence-corrected chi connectivity index (χ1v) is 6.81. The van der Waals surface area contributed by atoms with E-state index in [9.17, 15) is 4.79 Å². The van der Waals surface area contributed by atoms with E-state index in [0.717, 1.165) is 43.1 Å². The highest BCUT2D eigenvalue weighted by atomic mass is 16.5. The van der Waals surface area contributed by atoms with Crippen LogP contribution in [0.1, 0.15) is 19.8 Å². The van der Waals surface area contributed by atoms with Crippen molar-refractivity contribution in [2.24, 2.45) is 0 Å². The van der Waals surface area contributed by atoms with Gasteiger partial charge in [-0.1, -0.05) is 0 Å². The van der Waals surface area contributed by atoms with E-state index >= 15 is 0 Å². The predicted molar refractivity (Wildman–Crippen MR) is 74.7 cm³/mol. The third-order valence-electron chi connectivity index (χ3n) is 3.62. The standard InChI is InChI=1S/C14H19N3O2/c1-9-14(18)17-12-8-11(2-3-13(12)19-9)16-10-4-6-15-7-5-10/h2-3,8-10,15-16H,4-7H2,1H3,(H,17,18). The van der Waals surface area contributed by atoms with E-state index in [1.807, 2.05) is 18.2 Å². The lowest BCUT2D eigenvalue weighted by atomic mass is 10.1. The van der Waals surface area contributed by atoms with Gasteiger partial charge in [0, 0.05) is 11.7 Å². The van der Waals surface area contributed by atoms with Crippen molar-refractivity contribution < 1.29 is 9.53 Å². The number of hydrogen-bond donors (Lipinski definition) is 3. The fraction of sp³-hybridized carbons (Fsp3) is 0.500. The lowest BCUT2D eigenvalue weighted by Gasteiger charge is -2.27. The molecule has 1 unspecified atom stereocenters. The average molecular weight is 261 g/mol. The molecule has 102 valence electrons. The van der Waals surface area contributed by atoms with Gasteiger partial charge in [0.05, 0.1) is 5.69 Å². The summed E-state index contributed by atoms with van der Waals surface area (Å²) in [6.07, 6.45) is 1.82. The first kappa shape index (κ1) is 12.3. The third-order valence-corrected chi connectivity index (χ3v) is 3.62. The molecule has 2 aliphatic heterocycles. The van der Waals surface area contributed by atoms with Crippen LogP contribution in [0.2, 0.25) is 0 Å². The normalized spacial score (nSPS) is 23.2. The molecule has 1 atom stereocenters. The number of benzene rings is 1. The summed E-state index contributed by atoms with van der Waals surface area (Å²) in [4.78, 5) is 11.6. The fourth-order valence-corrected chi connectivity index (χ4v) is 2.50. The van der Waals surface area contributed by atoms with Crippen LogP contribution in [0.3, 0.4) is 0 Å². The van der Waals surface area contributed by atoms with Crippen LogP contribution in [0.15, 0.2) is 18.2 Å². The van der Waals surface area contributed by atoms with Gasteiger partial charge in [0.1, 0.15) is 5.75 Å². The Hall–Kier alpha value is -1.75. The maximum absolute atomic E-state index is 11.6. The molecule has 0 aliphatic carbocycles. The van der Waals surface area contributed by atoms with Crippen molar-refractivity contribution in [3.63, 3.8) is 0 Å². The highest BCUT2D eigenvalue weighted by molar-refractivity contribution is 5.98. The Labute approximate surface area is 112 Å². The molecule has 1 amide bonds. The van der Waals surface area contributed by atoms with Gasteiger partial charge >= 0.3 is 0 Å². The number of amides is 1. The smallest absolute Gasteiger partial charge is 0.265 e. The summed E-state index contributed by atoms with van der Waals surface area (Å²) >= 11 is 0. The molecule has 0 aromatic heterocycles. The monoisotopic (exact) mass is 261 g/mol. The van der Waals surface area contributed by atoms with Crippen LogP contribution < -0.4 is 20.7 Å². The fourth-order valence-electron chi connectivity index (χ4n) is 2.50. The van der Waals surface area contributed by atoms with E-state index in [4.69, 9.17) is 4.74 Å². The lowest BCUT2D eigenvalue weighted by molar-refractivity contribution is -0.122. The highest BCUT2D eigenvalue weighted by Crippen LogP contribution is 2.32. The Balaban J connectivity index is 1.74. The minimum atomic E-state index is -0.421. The number of carbonyl (C=O) groups is 1. The van der Waals surface area contributed by atoms with Gasteiger partial charge in [-0.25, -0.2) is 0 Å². The molecule has 1 aromatic carbocycles. The van der Waals surface area contributed by atoms with E-state index in [0.29, 0.717) is 6.04 Å². The molecule has 0 saturated carbocycles. The molecule has 0 spiro atoms. The average Bonchev–Trinajstić information content (AvgIpc) is 2.42. The summed E-state index contributed by atoms with van der Waals surface area (Å²) in [6.45, 7) is 3.86. The van der Waals surface area contributed by atoms with E-state index in [2.05, 4.69) is 16.0 Å². The maximum atomic E-state index is 11.6. The Kier molecular flexibility index (Phi) is 3.29. The Morgan fingerprint density at radius 1 is 1.32 bits per heavy atom. The largest absolute Gasteiger partial charge is 0.479 e. The Morgan fingerprint density at radius 2 is 2.11 bits per heavy atom. The first-order valence-electron chi connectivity index (χ1n) is 6.81. The molecular formula is C14H19N3O2. The lowest BCUT2D eigenvalue weighted by Crippen LogP contribution is -2.36. The third kappa shape index (κ3) is 2.66. The number of hydrogen-bond acceptors (Lipinski definition) is 4. The number of piperidine rings is 1. The number of anilines is 2. The molecule has 2 heterocycles. The summed E-state index contributed by atoms with van der Waals surface area (Å²) in [5, 5.41) is 9.73. The minimum Gasteiger partial charge on any atom is -0.479 e. The molecule has 5 nitrogen and oxygen atoms in total. The summed E-state index contributed by atoms with van der Waals surface area (Å²) in [7, 11) is 0. The predicted octanol–water partition coefficient (Wildman–Crippen LogP) is 1.57. The van der Waals surface area contributed by atoms with Crippen LogP contribution >= 0.6 is 0 Å². The topological polar surface area (TPSA) is 62.4 Å². The van der Waals surface area contributed by atoms with Crippen molar-refractivity contribution in [2.45, 2.75) is 31.9 Å². The molecule has 3 N–H and O–H groups in total. The van der Waals surface area contributed by atoms with Crippen LogP contribution in [0, 0.1) is 0 Å². The van der Waals surface area contributed by atoms with Gasteiger partial charge < -0.3 is 20.7 Å². The zero-order chi connectivity index (χ0) is 13.2. The van der Waals surface area contributed by atoms with Gasteiger partial charge in [-0.15, -0.1) is 0 Å². The second kappa shape index (κ2) is 5.09. The van der Waals surface area contributed by atoms with Crippen LogP contribution in [-0.4, -0.2) is 31.1 Å². The maximum Gasteiger partial charge on any atom is 0.265 e. The molecule has 1 saturated heterocycles. The van der Waals surface area contributed by atoms with E-state index in [-0.39, 0.29) is 5.91 Å². The summed E-state index contributed by atoms with van der Waals surface area (Å²) in [5.74, 6) is 0.648. The van der Waals surface area contributed by atoms with E-state index in [1.54, 1.807) is 6.92 Å². The number of nitrogens with one attached hydrogen (secondary N) is 3. The zero-order valence-electron chi connectivity index (χ0n) is 11.0. The summed E-state index contributed by atoms with van der Waals surface area (Å²) in [5.41, 5.74) is 1.78. The van der Waals surface area contributed by atoms with E-state index in [1.165, 1.54) is 0 Å². The number of ether oxygens (including phenoxy) is 1. The molecule has 3 rings (SSSR count). The van der Waals surface area contributed by atoms with Crippen molar-refractivity contribution >= 4 is 17.3 Å². The molecule has 5 heteroatoms. The second-order valence-corrected chi connectivity index (χ2v) is 5.13. The molecule has 1 fully saturated rings. The van der Waals surface area contributed by atoms with Crippen molar-refractivity contribution in [1.82, 2.24) is 5.32 Å². The molecule has 19 heavy (non-hydrogen) atoms. The number of fused-ring (bicyclic) bond motifs is 1. The van der Waals surface area contributed by atoms with Crippen LogP contribution in [0.25, 0.3) is 0 Å². The van der Waals surface area contributed by atoms with Gasteiger partial charge in [-0.05, 0) is 51.1 Å². The highest BCUT2D eigenvalue weighted by Gasteiger charge is 2.23. The van der Waals surface area contributed by atoms with E-state index < -0.39 is 6.10 Å². The molecule has 0 bridgehead atoms. The van der Waals surface area contributed by atoms with Gasteiger partial charge in [-0.2, -0.15) is 0 Å². The molecular weight excluding hydrogens is 242 g/mol. The van der Waals surface area contributed by atoms with Crippen LogP contribution in [-0.2, 0) is 4.79 Å². The van der Waals surface area contributed by atoms with Crippen molar-refractivity contribution in [2.75, 3.05) is 23.7 Å². The van der Waals surface area contributed by atoms with Crippen molar-refractivity contribution in [3.05, 3.63) is 18.2 Å². The minimum absolute atomic E-state index is 0.0912. The van der Waals surface area contributed by atoms with Gasteiger partial charge in [0.15, 0.2) is 6.10 Å². The van der Waals surface area contributed by atoms with Gasteiger partial charge in [0.2, 0.25) is 0 Å². The molecule has 0 radical (unpaired) electrons. The SMILES string of the molecule is CC1Oc2ccc(NC3CCNCC3)cc2NC1=O. The summed E-state index contributed by atoms with van der Waals surface area (Å²) in [6, 6.07) is 6.36. The first-order chi connectivity index (χ1) is 9.22. The Morgan fingerprint density at radius 3 is 2.89 bits per heavy atom. The Bertz CT molecular complexity index is 484. The quantitative estimate of drug-likeness (QED) is 0.756. The van der Waals surface area contributed by atoms with Gasteiger partial charge in [0.25, 0.3) is 5.91 Å². The van der Waals surface area contributed by atoms with Crippen LogP contribution in [0.4, 0.5) is 11.4 Å². The van der Waals surface area contributed by atoms with Gasteiger partial charge in [-0.3, -0.25) is 4.79 Å².